The second-order valence-electron chi connectivity index (χ2n) is 4.37. The molecule has 2 rings (SSSR count). The zero-order valence-electron chi connectivity index (χ0n) is 10.4. The molecule has 0 aromatic heterocycles. The molecule has 2 aromatic rings. The molecule has 0 aliphatic rings. The number of Topliss-reactive ketones (excluding diaryl/α,β-unsaturated/α-hetero) is 1. The first-order chi connectivity index (χ1) is 8.99. The largest absolute Gasteiger partial charge is 0.398 e. The Kier molecular flexibility index (Phi) is 3.86. The van der Waals surface area contributed by atoms with E-state index >= 15 is 0 Å². The van der Waals surface area contributed by atoms with Crippen LogP contribution in [0.5, 0.6) is 0 Å². The summed E-state index contributed by atoms with van der Waals surface area (Å²) in [4.78, 5) is 12.2. The molecule has 19 heavy (non-hydrogen) atoms. The molecule has 0 radical (unpaired) electrons. The van der Waals surface area contributed by atoms with Gasteiger partial charge in [-0.25, -0.2) is 4.39 Å². The Bertz CT molecular complexity index is 640. The van der Waals surface area contributed by atoms with Crippen LogP contribution in [0.25, 0.3) is 0 Å². The lowest BCUT2D eigenvalue weighted by atomic mass is 9.98. The normalized spacial score (nSPS) is 10.5. The smallest absolute Gasteiger partial charge is 0.167 e. The maximum atomic E-state index is 13.0. The third-order valence-electron chi connectivity index (χ3n) is 3.02. The Morgan fingerprint density at radius 2 is 2.05 bits per heavy atom. The summed E-state index contributed by atoms with van der Waals surface area (Å²) in [5, 5.41) is 0.0228. The Labute approximate surface area is 116 Å². The summed E-state index contributed by atoms with van der Waals surface area (Å²) in [6, 6.07) is 9.52. The van der Waals surface area contributed by atoms with Gasteiger partial charge < -0.3 is 5.73 Å². The molecular formula is C15H13ClFNO. The van der Waals surface area contributed by atoms with Crippen LogP contribution >= 0.6 is 11.6 Å². The van der Waals surface area contributed by atoms with E-state index in [-0.39, 0.29) is 17.2 Å². The molecule has 2 aromatic carbocycles. The molecule has 0 unspecified atom stereocenters. The van der Waals surface area contributed by atoms with Crippen molar-refractivity contribution in [2.24, 2.45) is 0 Å². The van der Waals surface area contributed by atoms with E-state index in [4.69, 9.17) is 17.3 Å². The number of ketones is 1. The fraction of sp³-hybridized carbons (Fsp3) is 0.133. The van der Waals surface area contributed by atoms with Gasteiger partial charge >= 0.3 is 0 Å². The predicted octanol–water partition coefficient (Wildman–Crippen LogP) is 3.80. The summed E-state index contributed by atoms with van der Waals surface area (Å²) in [5.41, 5.74) is 8.39. The number of benzene rings is 2. The molecule has 0 atom stereocenters. The van der Waals surface area contributed by atoms with E-state index in [0.29, 0.717) is 16.8 Å². The van der Waals surface area contributed by atoms with Crippen molar-refractivity contribution in [3.05, 3.63) is 63.9 Å². The van der Waals surface area contributed by atoms with E-state index in [1.54, 1.807) is 31.2 Å². The zero-order chi connectivity index (χ0) is 14.0. The topological polar surface area (TPSA) is 43.1 Å². The van der Waals surface area contributed by atoms with Crippen molar-refractivity contribution in [3.63, 3.8) is 0 Å². The molecule has 0 saturated heterocycles. The van der Waals surface area contributed by atoms with Crippen LogP contribution in [-0.2, 0) is 6.42 Å². The quantitative estimate of drug-likeness (QED) is 0.685. The standard InChI is InChI=1S/C15H13ClFNO/c1-9-11(3-2-4-14(9)18)15(19)8-10-5-6-13(17)12(16)7-10/h2-7H,8,18H2,1H3. The molecule has 2 nitrogen and oxygen atoms in total. The summed E-state index contributed by atoms with van der Waals surface area (Å²) in [7, 11) is 0. The molecule has 0 fully saturated rings. The van der Waals surface area contributed by atoms with Crippen molar-refractivity contribution < 1.29 is 9.18 Å². The predicted molar refractivity (Wildman–Crippen MR) is 75.0 cm³/mol. The highest BCUT2D eigenvalue weighted by molar-refractivity contribution is 6.30. The lowest BCUT2D eigenvalue weighted by Crippen LogP contribution is -2.07. The number of anilines is 1. The number of carbonyl (C=O) groups excluding carboxylic acids is 1. The fourth-order valence-electron chi connectivity index (χ4n) is 1.89. The van der Waals surface area contributed by atoms with Gasteiger partial charge in [-0.05, 0) is 36.2 Å². The molecule has 0 aliphatic carbocycles. The highest BCUT2D eigenvalue weighted by atomic mass is 35.5. The van der Waals surface area contributed by atoms with Crippen LogP contribution in [0.1, 0.15) is 21.5 Å². The highest BCUT2D eigenvalue weighted by Crippen LogP contribution is 2.20. The van der Waals surface area contributed by atoms with E-state index in [1.165, 1.54) is 12.1 Å². The fourth-order valence-corrected chi connectivity index (χ4v) is 2.09. The highest BCUT2D eigenvalue weighted by Gasteiger charge is 2.12. The number of nitrogen functional groups attached to an aromatic ring is 1. The molecular weight excluding hydrogens is 265 g/mol. The molecule has 2 N–H and O–H groups in total. The molecule has 4 heteroatoms. The number of carbonyl (C=O) groups is 1. The van der Waals surface area contributed by atoms with E-state index in [2.05, 4.69) is 0 Å². The van der Waals surface area contributed by atoms with Crippen molar-refractivity contribution in [2.45, 2.75) is 13.3 Å². The van der Waals surface area contributed by atoms with E-state index in [0.717, 1.165) is 5.56 Å². The van der Waals surface area contributed by atoms with Gasteiger partial charge in [0.2, 0.25) is 0 Å². The third-order valence-corrected chi connectivity index (χ3v) is 3.31. The van der Waals surface area contributed by atoms with Gasteiger partial charge in [-0.3, -0.25) is 4.79 Å². The zero-order valence-corrected chi connectivity index (χ0v) is 11.2. The number of rotatable bonds is 3. The van der Waals surface area contributed by atoms with Crippen LogP contribution < -0.4 is 5.73 Å². The van der Waals surface area contributed by atoms with Crippen LogP contribution in [0.3, 0.4) is 0 Å². The van der Waals surface area contributed by atoms with Crippen LogP contribution in [0.4, 0.5) is 10.1 Å². The minimum absolute atomic E-state index is 0.0228. The number of nitrogens with two attached hydrogens (primary N) is 1. The van der Waals surface area contributed by atoms with Crippen LogP contribution in [0, 0.1) is 12.7 Å². The number of hydrogen-bond acceptors (Lipinski definition) is 2. The van der Waals surface area contributed by atoms with Gasteiger partial charge in [-0.15, -0.1) is 0 Å². The third kappa shape index (κ3) is 2.93. The van der Waals surface area contributed by atoms with E-state index in [9.17, 15) is 9.18 Å². The summed E-state index contributed by atoms with van der Waals surface area (Å²) < 4.78 is 13.0. The molecule has 0 bridgehead atoms. The monoisotopic (exact) mass is 277 g/mol. The lowest BCUT2D eigenvalue weighted by Gasteiger charge is -2.08. The maximum absolute atomic E-state index is 13.0. The number of halogens is 2. The second-order valence-corrected chi connectivity index (χ2v) is 4.78. The molecule has 98 valence electrons. The van der Waals surface area contributed by atoms with Gasteiger partial charge in [0.15, 0.2) is 5.78 Å². The van der Waals surface area contributed by atoms with Gasteiger partial charge in [0.25, 0.3) is 0 Å². The Balaban J connectivity index is 2.26. The average Bonchev–Trinajstić information content (AvgIpc) is 2.37. The Morgan fingerprint density at radius 3 is 2.74 bits per heavy atom. The first-order valence-corrected chi connectivity index (χ1v) is 6.19. The van der Waals surface area contributed by atoms with Crippen molar-refractivity contribution in [1.82, 2.24) is 0 Å². The SMILES string of the molecule is Cc1c(N)cccc1C(=O)Cc1ccc(F)c(Cl)c1. The minimum atomic E-state index is -0.488. The summed E-state index contributed by atoms with van der Waals surface area (Å²) in [5.74, 6) is -0.550. The van der Waals surface area contributed by atoms with E-state index < -0.39 is 5.82 Å². The first kappa shape index (κ1) is 13.6. The summed E-state index contributed by atoms with van der Waals surface area (Å²) in [6.45, 7) is 1.81. The average molecular weight is 278 g/mol. The molecule has 0 saturated carbocycles. The molecule has 0 heterocycles. The minimum Gasteiger partial charge on any atom is -0.398 e. The van der Waals surface area contributed by atoms with Crippen molar-refractivity contribution >= 4 is 23.1 Å². The Morgan fingerprint density at radius 1 is 1.32 bits per heavy atom. The van der Waals surface area contributed by atoms with Crippen molar-refractivity contribution in [1.29, 1.82) is 0 Å². The molecule has 0 spiro atoms. The Hall–Kier alpha value is -1.87. The maximum Gasteiger partial charge on any atom is 0.167 e. The second kappa shape index (κ2) is 5.41. The summed E-state index contributed by atoms with van der Waals surface area (Å²) >= 11 is 5.69. The number of hydrogen-bond donors (Lipinski definition) is 1. The molecule has 0 aliphatic heterocycles. The molecule has 0 amide bonds. The van der Waals surface area contributed by atoms with Crippen molar-refractivity contribution in [2.75, 3.05) is 5.73 Å². The van der Waals surface area contributed by atoms with Crippen LogP contribution in [0.15, 0.2) is 36.4 Å². The first-order valence-electron chi connectivity index (χ1n) is 5.81. The summed E-state index contributed by atoms with van der Waals surface area (Å²) in [6.07, 6.45) is 0.171. The van der Waals surface area contributed by atoms with Gasteiger partial charge in [0.1, 0.15) is 5.82 Å². The lowest BCUT2D eigenvalue weighted by molar-refractivity contribution is 0.0992. The van der Waals surface area contributed by atoms with Gasteiger partial charge in [-0.1, -0.05) is 29.8 Å². The van der Waals surface area contributed by atoms with E-state index in [1.807, 2.05) is 0 Å². The van der Waals surface area contributed by atoms with Crippen LogP contribution in [-0.4, -0.2) is 5.78 Å². The van der Waals surface area contributed by atoms with Gasteiger partial charge in [-0.2, -0.15) is 0 Å². The van der Waals surface area contributed by atoms with Gasteiger partial charge in [0.05, 0.1) is 5.02 Å². The van der Waals surface area contributed by atoms with Gasteiger partial charge in [0, 0.05) is 17.7 Å². The van der Waals surface area contributed by atoms with Crippen molar-refractivity contribution in [3.8, 4) is 0 Å². The van der Waals surface area contributed by atoms with Crippen LogP contribution in [0.2, 0.25) is 5.02 Å².